The second kappa shape index (κ2) is 8.10. The van der Waals surface area contributed by atoms with Crippen LogP contribution in [-0.4, -0.2) is 31.7 Å². The van der Waals surface area contributed by atoms with Crippen LogP contribution in [0.3, 0.4) is 0 Å². The van der Waals surface area contributed by atoms with E-state index in [0.29, 0.717) is 35.3 Å². The fourth-order valence-corrected chi connectivity index (χ4v) is 2.87. The number of hydrogen-bond donors (Lipinski definition) is 1. The van der Waals surface area contributed by atoms with E-state index in [1.54, 1.807) is 24.3 Å². The van der Waals surface area contributed by atoms with Crippen LogP contribution < -0.4 is 14.8 Å². The molecule has 1 aliphatic heterocycles. The normalized spacial score (nSPS) is 13.6. The molecule has 0 unspecified atom stereocenters. The van der Waals surface area contributed by atoms with Gasteiger partial charge in [0.05, 0.1) is 11.6 Å². The number of hydrogen-bond acceptors (Lipinski definition) is 5. The van der Waals surface area contributed by atoms with Gasteiger partial charge in [-0.3, -0.25) is 4.79 Å². The summed E-state index contributed by atoms with van der Waals surface area (Å²) in [7, 11) is 0. The van der Waals surface area contributed by atoms with Gasteiger partial charge in [-0.25, -0.2) is 4.79 Å². The molecule has 1 atom stereocenters. The number of amides is 1. The lowest BCUT2D eigenvalue weighted by atomic mass is 10.1. The van der Waals surface area contributed by atoms with E-state index in [1.165, 1.54) is 0 Å². The summed E-state index contributed by atoms with van der Waals surface area (Å²) in [6.45, 7) is 2.32. The average molecular weight is 376 g/mol. The molecule has 1 N–H and O–H groups in total. The lowest BCUT2D eigenvalue weighted by molar-refractivity contribution is -0.124. The molecular formula is C19H18ClNO5. The van der Waals surface area contributed by atoms with Gasteiger partial charge < -0.3 is 19.5 Å². The third-order valence-electron chi connectivity index (χ3n) is 3.86. The monoisotopic (exact) mass is 375 g/mol. The van der Waals surface area contributed by atoms with Crippen molar-refractivity contribution < 1.29 is 23.8 Å². The van der Waals surface area contributed by atoms with Gasteiger partial charge in [0.15, 0.2) is 18.1 Å². The summed E-state index contributed by atoms with van der Waals surface area (Å²) in [5, 5.41) is 3.31. The number of rotatable bonds is 5. The molecule has 0 fully saturated rings. The van der Waals surface area contributed by atoms with Crippen LogP contribution in [0.5, 0.6) is 11.5 Å². The molecule has 0 saturated heterocycles. The van der Waals surface area contributed by atoms with Gasteiger partial charge in [0.25, 0.3) is 5.91 Å². The summed E-state index contributed by atoms with van der Waals surface area (Å²) >= 11 is 6.11. The number of halogens is 1. The topological polar surface area (TPSA) is 73.9 Å². The van der Waals surface area contributed by atoms with Gasteiger partial charge in [0, 0.05) is 5.02 Å². The summed E-state index contributed by atoms with van der Waals surface area (Å²) in [6, 6.07) is 11.7. The molecule has 6 nitrogen and oxygen atoms in total. The smallest absolute Gasteiger partial charge is 0.338 e. The largest absolute Gasteiger partial charge is 0.486 e. The van der Waals surface area contributed by atoms with Crippen LogP contribution in [0.2, 0.25) is 5.02 Å². The maximum Gasteiger partial charge on any atom is 0.338 e. The number of carbonyl (C=O) groups is 2. The highest BCUT2D eigenvalue weighted by molar-refractivity contribution is 6.31. The molecule has 0 spiro atoms. The fraction of sp³-hybridized carbons (Fsp3) is 0.263. The molecule has 0 radical (unpaired) electrons. The second-order valence-electron chi connectivity index (χ2n) is 5.75. The maximum absolute atomic E-state index is 12.1. The Labute approximate surface area is 156 Å². The van der Waals surface area contributed by atoms with Crippen LogP contribution in [0.25, 0.3) is 0 Å². The molecule has 0 saturated carbocycles. The van der Waals surface area contributed by atoms with Crippen molar-refractivity contribution in [1.82, 2.24) is 5.32 Å². The molecule has 1 aliphatic rings. The number of nitrogens with one attached hydrogen (secondary N) is 1. The van der Waals surface area contributed by atoms with Crippen molar-refractivity contribution >= 4 is 23.5 Å². The molecule has 136 valence electrons. The minimum absolute atomic E-state index is 0.293. The van der Waals surface area contributed by atoms with E-state index in [0.717, 1.165) is 5.56 Å². The van der Waals surface area contributed by atoms with Gasteiger partial charge in [-0.1, -0.05) is 29.8 Å². The standard InChI is InChI=1S/C19H18ClNO5/c1-12(14-4-2-3-5-15(14)20)21-18(22)11-26-19(23)13-6-7-16-17(10-13)25-9-8-24-16/h2-7,10,12H,8-9,11H2,1H3,(H,21,22)/t12-/m0/s1. The molecule has 3 rings (SSSR count). The zero-order valence-electron chi connectivity index (χ0n) is 14.2. The van der Waals surface area contributed by atoms with Crippen LogP contribution in [0.15, 0.2) is 42.5 Å². The third-order valence-corrected chi connectivity index (χ3v) is 4.21. The van der Waals surface area contributed by atoms with Crippen molar-refractivity contribution in [1.29, 1.82) is 0 Å². The first kappa shape index (κ1) is 18.1. The Morgan fingerprint density at radius 1 is 1.15 bits per heavy atom. The minimum Gasteiger partial charge on any atom is -0.486 e. The Balaban J connectivity index is 1.54. The van der Waals surface area contributed by atoms with Crippen molar-refractivity contribution in [3.63, 3.8) is 0 Å². The molecule has 0 bridgehead atoms. The highest BCUT2D eigenvalue weighted by Gasteiger charge is 2.18. The molecule has 1 heterocycles. The van der Waals surface area contributed by atoms with E-state index in [-0.39, 0.29) is 12.6 Å². The fourth-order valence-electron chi connectivity index (χ4n) is 2.57. The molecule has 26 heavy (non-hydrogen) atoms. The lowest BCUT2D eigenvalue weighted by Gasteiger charge is -2.18. The van der Waals surface area contributed by atoms with Gasteiger partial charge in [0.1, 0.15) is 13.2 Å². The van der Waals surface area contributed by atoms with Crippen molar-refractivity contribution in [3.05, 3.63) is 58.6 Å². The van der Waals surface area contributed by atoms with E-state index in [1.807, 2.05) is 25.1 Å². The average Bonchev–Trinajstić information content (AvgIpc) is 2.66. The van der Waals surface area contributed by atoms with Crippen molar-refractivity contribution in [2.45, 2.75) is 13.0 Å². The van der Waals surface area contributed by atoms with Crippen LogP contribution in [-0.2, 0) is 9.53 Å². The van der Waals surface area contributed by atoms with E-state index in [2.05, 4.69) is 5.32 Å². The summed E-state index contributed by atoms with van der Waals surface area (Å²) < 4.78 is 15.9. The quantitative estimate of drug-likeness (QED) is 0.813. The molecule has 2 aromatic carbocycles. The third kappa shape index (κ3) is 4.26. The van der Waals surface area contributed by atoms with Crippen LogP contribution in [0, 0.1) is 0 Å². The van der Waals surface area contributed by atoms with Gasteiger partial charge >= 0.3 is 5.97 Å². The first-order chi connectivity index (χ1) is 12.5. The van der Waals surface area contributed by atoms with E-state index >= 15 is 0 Å². The molecule has 0 aromatic heterocycles. The summed E-state index contributed by atoms with van der Waals surface area (Å²) in [6.07, 6.45) is 0. The van der Waals surface area contributed by atoms with E-state index in [9.17, 15) is 9.59 Å². The van der Waals surface area contributed by atoms with Gasteiger partial charge in [-0.2, -0.15) is 0 Å². The zero-order valence-corrected chi connectivity index (χ0v) is 14.9. The maximum atomic E-state index is 12.1. The Hall–Kier alpha value is -2.73. The van der Waals surface area contributed by atoms with Crippen molar-refractivity contribution in [2.24, 2.45) is 0 Å². The number of fused-ring (bicyclic) bond motifs is 1. The second-order valence-corrected chi connectivity index (χ2v) is 6.15. The Kier molecular flexibility index (Phi) is 5.63. The zero-order chi connectivity index (χ0) is 18.5. The van der Waals surface area contributed by atoms with Crippen LogP contribution >= 0.6 is 11.6 Å². The Morgan fingerprint density at radius 2 is 1.88 bits per heavy atom. The van der Waals surface area contributed by atoms with Crippen molar-refractivity contribution in [3.8, 4) is 11.5 Å². The predicted octanol–water partition coefficient (Wildman–Crippen LogP) is 3.15. The number of esters is 1. The molecular weight excluding hydrogens is 358 g/mol. The highest BCUT2D eigenvalue weighted by Crippen LogP contribution is 2.30. The lowest BCUT2D eigenvalue weighted by Crippen LogP contribution is -2.31. The van der Waals surface area contributed by atoms with E-state index < -0.39 is 11.9 Å². The van der Waals surface area contributed by atoms with E-state index in [4.69, 9.17) is 25.8 Å². The predicted molar refractivity (Wildman–Crippen MR) is 95.7 cm³/mol. The number of ether oxygens (including phenoxy) is 3. The Bertz CT molecular complexity index is 823. The molecule has 7 heteroatoms. The van der Waals surface area contributed by atoms with Gasteiger partial charge in [-0.05, 0) is 36.8 Å². The Morgan fingerprint density at radius 3 is 2.65 bits per heavy atom. The first-order valence-electron chi connectivity index (χ1n) is 8.15. The van der Waals surface area contributed by atoms with Crippen LogP contribution in [0.4, 0.5) is 0 Å². The van der Waals surface area contributed by atoms with Gasteiger partial charge in [-0.15, -0.1) is 0 Å². The molecule has 2 aromatic rings. The number of carbonyl (C=O) groups excluding carboxylic acids is 2. The van der Waals surface area contributed by atoms with Crippen molar-refractivity contribution in [2.75, 3.05) is 19.8 Å². The SMILES string of the molecule is C[C@H](NC(=O)COC(=O)c1ccc2c(c1)OCCO2)c1ccccc1Cl. The number of benzene rings is 2. The molecule has 0 aliphatic carbocycles. The van der Waals surface area contributed by atoms with Crippen LogP contribution in [0.1, 0.15) is 28.9 Å². The van der Waals surface area contributed by atoms with Gasteiger partial charge in [0.2, 0.25) is 0 Å². The highest BCUT2D eigenvalue weighted by atomic mass is 35.5. The first-order valence-corrected chi connectivity index (χ1v) is 8.53. The minimum atomic E-state index is -0.609. The summed E-state index contributed by atoms with van der Waals surface area (Å²) in [5.74, 6) is 0.0485. The summed E-state index contributed by atoms with van der Waals surface area (Å²) in [5.41, 5.74) is 1.09. The molecule has 1 amide bonds. The summed E-state index contributed by atoms with van der Waals surface area (Å²) in [4.78, 5) is 24.2.